The highest BCUT2D eigenvalue weighted by Crippen LogP contribution is 2.38. The lowest BCUT2D eigenvalue weighted by Crippen LogP contribution is -1.96. The number of fused-ring (bicyclic) bond motifs is 6. The van der Waals surface area contributed by atoms with Crippen LogP contribution in [0.25, 0.3) is 49.0 Å². The van der Waals surface area contributed by atoms with E-state index < -0.39 is 0 Å². The molecule has 0 unspecified atom stereocenters. The summed E-state index contributed by atoms with van der Waals surface area (Å²) in [6.07, 6.45) is 0. The van der Waals surface area contributed by atoms with Crippen molar-refractivity contribution in [3.63, 3.8) is 0 Å². The first-order valence-corrected chi connectivity index (χ1v) is 10.2. The van der Waals surface area contributed by atoms with Crippen molar-refractivity contribution in [1.82, 2.24) is 4.57 Å². The minimum Gasteiger partial charge on any atom is -0.309 e. The number of rotatable bonds is 1. The zero-order valence-electron chi connectivity index (χ0n) is 15.1. The summed E-state index contributed by atoms with van der Waals surface area (Å²) in [7, 11) is 0. The molecule has 0 saturated heterocycles. The number of para-hydroxylation sites is 1. The summed E-state index contributed by atoms with van der Waals surface area (Å²) in [6, 6.07) is 34.9. The van der Waals surface area contributed by atoms with Gasteiger partial charge < -0.3 is 4.57 Å². The highest BCUT2D eigenvalue weighted by molar-refractivity contribution is 9.10. The summed E-state index contributed by atoms with van der Waals surface area (Å²) in [5.74, 6) is 0. The summed E-state index contributed by atoms with van der Waals surface area (Å²) in [6.45, 7) is 0. The van der Waals surface area contributed by atoms with Gasteiger partial charge in [0.25, 0.3) is 0 Å². The standard InChI is InChI=1S/C26H16BrN/c27-18-13-14-25-23(16-18)22-11-5-6-12-24(22)28(25)26-15-17-7-1-2-8-19(17)20-9-3-4-10-21(20)26/h1-16H. The van der Waals surface area contributed by atoms with E-state index in [4.69, 9.17) is 0 Å². The Bertz CT molecular complexity index is 1520. The van der Waals surface area contributed by atoms with E-state index in [-0.39, 0.29) is 0 Å². The number of benzene rings is 5. The van der Waals surface area contributed by atoms with Crippen molar-refractivity contribution < 1.29 is 0 Å². The van der Waals surface area contributed by atoms with Gasteiger partial charge >= 0.3 is 0 Å². The van der Waals surface area contributed by atoms with Crippen LogP contribution in [0, 0.1) is 0 Å². The zero-order chi connectivity index (χ0) is 18.7. The molecule has 28 heavy (non-hydrogen) atoms. The van der Waals surface area contributed by atoms with Gasteiger partial charge in [-0.2, -0.15) is 0 Å². The maximum atomic E-state index is 3.65. The van der Waals surface area contributed by atoms with Crippen molar-refractivity contribution in [3.05, 3.63) is 102 Å². The van der Waals surface area contributed by atoms with E-state index in [0.29, 0.717) is 0 Å². The summed E-state index contributed by atoms with van der Waals surface area (Å²) in [5, 5.41) is 7.66. The quantitative estimate of drug-likeness (QED) is 0.238. The fourth-order valence-electron chi connectivity index (χ4n) is 4.42. The Morgan fingerprint density at radius 1 is 0.500 bits per heavy atom. The Labute approximate surface area is 171 Å². The second-order valence-corrected chi connectivity index (χ2v) is 8.09. The van der Waals surface area contributed by atoms with Crippen LogP contribution in [-0.2, 0) is 0 Å². The molecule has 6 rings (SSSR count). The second-order valence-electron chi connectivity index (χ2n) is 7.18. The number of halogens is 1. The molecule has 1 nitrogen and oxygen atoms in total. The van der Waals surface area contributed by atoms with Crippen LogP contribution in [-0.4, -0.2) is 4.57 Å². The molecule has 0 aliphatic heterocycles. The van der Waals surface area contributed by atoms with Gasteiger partial charge in [0.15, 0.2) is 0 Å². The van der Waals surface area contributed by atoms with Gasteiger partial charge in [-0.15, -0.1) is 0 Å². The van der Waals surface area contributed by atoms with E-state index >= 15 is 0 Å². The molecular formula is C26H16BrN. The molecule has 0 aliphatic rings. The highest BCUT2D eigenvalue weighted by atomic mass is 79.9. The third-order valence-corrected chi connectivity index (χ3v) is 6.11. The van der Waals surface area contributed by atoms with Gasteiger partial charge in [-0.25, -0.2) is 0 Å². The SMILES string of the molecule is Brc1ccc2c(c1)c1ccccc1n2-c1cc2ccccc2c2ccccc12. The summed E-state index contributed by atoms with van der Waals surface area (Å²) < 4.78 is 3.51. The number of nitrogens with zero attached hydrogens (tertiary/aromatic N) is 1. The first kappa shape index (κ1) is 15.9. The molecule has 0 bridgehead atoms. The van der Waals surface area contributed by atoms with Crippen molar-refractivity contribution in [1.29, 1.82) is 0 Å². The third kappa shape index (κ3) is 2.18. The van der Waals surface area contributed by atoms with Crippen LogP contribution >= 0.6 is 15.9 Å². The van der Waals surface area contributed by atoms with Gasteiger partial charge in [-0.3, -0.25) is 0 Å². The van der Waals surface area contributed by atoms with Crippen molar-refractivity contribution in [2.45, 2.75) is 0 Å². The number of aromatic nitrogens is 1. The Hall–Kier alpha value is -3.10. The normalized spacial score (nSPS) is 11.8. The molecule has 5 aromatic carbocycles. The van der Waals surface area contributed by atoms with Crippen molar-refractivity contribution in [3.8, 4) is 5.69 Å². The zero-order valence-corrected chi connectivity index (χ0v) is 16.6. The van der Waals surface area contributed by atoms with Crippen LogP contribution in [0.2, 0.25) is 0 Å². The van der Waals surface area contributed by atoms with E-state index in [1.165, 1.54) is 49.0 Å². The fraction of sp³-hybridized carbons (Fsp3) is 0. The average Bonchev–Trinajstić information content (AvgIpc) is 3.07. The first-order chi connectivity index (χ1) is 13.8. The largest absolute Gasteiger partial charge is 0.309 e. The molecule has 132 valence electrons. The van der Waals surface area contributed by atoms with Gasteiger partial charge in [0, 0.05) is 20.6 Å². The lowest BCUT2D eigenvalue weighted by atomic mass is 10.00. The van der Waals surface area contributed by atoms with Gasteiger partial charge in [0.05, 0.1) is 16.7 Å². The molecule has 2 heteroatoms. The van der Waals surface area contributed by atoms with E-state index in [0.717, 1.165) is 4.47 Å². The molecule has 0 atom stereocenters. The first-order valence-electron chi connectivity index (χ1n) is 9.41. The fourth-order valence-corrected chi connectivity index (χ4v) is 4.79. The highest BCUT2D eigenvalue weighted by Gasteiger charge is 2.15. The van der Waals surface area contributed by atoms with E-state index in [1.807, 2.05) is 0 Å². The van der Waals surface area contributed by atoms with Crippen LogP contribution in [0.3, 0.4) is 0 Å². The van der Waals surface area contributed by atoms with E-state index in [9.17, 15) is 0 Å². The Morgan fingerprint density at radius 3 is 2.00 bits per heavy atom. The number of hydrogen-bond acceptors (Lipinski definition) is 0. The van der Waals surface area contributed by atoms with E-state index in [2.05, 4.69) is 118 Å². The summed E-state index contributed by atoms with van der Waals surface area (Å²) in [5.41, 5.74) is 3.68. The van der Waals surface area contributed by atoms with Crippen molar-refractivity contribution >= 4 is 59.3 Å². The van der Waals surface area contributed by atoms with Crippen molar-refractivity contribution in [2.24, 2.45) is 0 Å². The molecule has 0 spiro atoms. The molecule has 0 radical (unpaired) electrons. The van der Waals surface area contributed by atoms with Crippen LogP contribution in [0.5, 0.6) is 0 Å². The maximum absolute atomic E-state index is 3.65. The van der Waals surface area contributed by atoms with Crippen LogP contribution in [0.15, 0.2) is 102 Å². The second kappa shape index (κ2) is 5.95. The molecule has 1 aromatic heterocycles. The number of hydrogen-bond donors (Lipinski definition) is 0. The predicted octanol–water partition coefficient (Wildman–Crippen LogP) is 7.85. The molecule has 0 aliphatic carbocycles. The predicted molar refractivity (Wildman–Crippen MR) is 123 cm³/mol. The van der Waals surface area contributed by atoms with Gasteiger partial charge in [-0.1, -0.05) is 82.7 Å². The minimum absolute atomic E-state index is 1.10. The Morgan fingerprint density at radius 2 is 1.14 bits per heavy atom. The monoisotopic (exact) mass is 421 g/mol. The van der Waals surface area contributed by atoms with Crippen LogP contribution in [0.1, 0.15) is 0 Å². The van der Waals surface area contributed by atoms with E-state index in [1.54, 1.807) is 0 Å². The molecule has 1 heterocycles. The van der Waals surface area contributed by atoms with Gasteiger partial charge in [0.2, 0.25) is 0 Å². The molecule has 0 N–H and O–H groups in total. The van der Waals surface area contributed by atoms with Gasteiger partial charge in [-0.05, 0) is 46.5 Å². The topological polar surface area (TPSA) is 4.93 Å². The molecular weight excluding hydrogens is 406 g/mol. The lowest BCUT2D eigenvalue weighted by molar-refractivity contribution is 1.20. The summed E-state index contributed by atoms with van der Waals surface area (Å²) in [4.78, 5) is 0. The molecule has 6 aromatic rings. The minimum atomic E-state index is 1.10. The third-order valence-electron chi connectivity index (χ3n) is 5.62. The Balaban J connectivity index is 1.87. The van der Waals surface area contributed by atoms with Crippen molar-refractivity contribution in [2.75, 3.05) is 0 Å². The smallest absolute Gasteiger partial charge is 0.0546 e. The van der Waals surface area contributed by atoms with Crippen LogP contribution in [0.4, 0.5) is 0 Å². The Kier molecular flexibility index (Phi) is 3.38. The van der Waals surface area contributed by atoms with Crippen LogP contribution < -0.4 is 0 Å². The summed E-state index contributed by atoms with van der Waals surface area (Å²) >= 11 is 3.65. The molecule has 0 fully saturated rings. The maximum Gasteiger partial charge on any atom is 0.0546 e. The molecule has 0 saturated carbocycles. The average molecular weight is 422 g/mol. The van der Waals surface area contributed by atoms with Gasteiger partial charge in [0.1, 0.15) is 0 Å². The lowest BCUT2D eigenvalue weighted by Gasteiger charge is -2.14. The molecule has 0 amide bonds.